The molecule has 5 atom stereocenters. The first-order chi connectivity index (χ1) is 19.1. The van der Waals surface area contributed by atoms with Gasteiger partial charge in [-0.2, -0.15) is 0 Å². The summed E-state index contributed by atoms with van der Waals surface area (Å²) in [4.78, 5) is 23.8. The zero-order chi connectivity index (χ0) is 28.2. The van der Waals surface area contributed by atoms with E-state index in [1.807, 2.05) is 18.2 Å². The second kappa shape index (κ2) is 9.78. The number of aromatic carboxylic acids is 1. The number of carbonyl (C=O) groups is 2. The number of aryl methyl sites for hydroxylation is 1. The fourth-order valence-electron chi connectivity index (χ4n) is 8.18. The number of aliphatic hydroxyl groups is 1. The maximum atomic E-state index is 12.3. The number of carboxylic acid groups (broad SMARTS) is 1. The van der Waals surface area contributed by atoms with Crippen LogP contribution in [0.2, 0.25) is 0 Å². The Labute approximate surface area is 236 Å². The van der Waals surface area contributed by atoms with Gasteiger partial charge in [0.05, 0.1) is 12.7 Å². The lowest BCUT2D eigenvalue weighted by Gasteiger charge is -2.53. The molecule has 0 aromatic heterocycles. The van der Waals surface area contributed by atoms with Gasteiger partial charge < -0.3 is 14.9 Å². The number of carboxylic acids is 1. The van der Waals surface area contributed by atoms with Crippen molar-refractivity contribution in [2.75, 3.05) is 7.11 Å². The van der Waals surface area contributed by atoms with Gasteiger partial charge in [0.25, 0.3) is 0 Å². The molecule has 2 aromatic carbocycles. The summed E-state index contributed by atoms with van der Waals surface area (Å²) < 4.78 is 5.59. The van der Waals surface area contributed by atoms with Crippen LogP contribution in [0, 0.1) is 36.0 Å². The molecule has 4 aliphatic rings. The van der Waals surface area contributed by atoms with Gasteiger partial charge in [-0.25, -0.2) is 4.79 Å². The van der Waals surface area contributed by atoms with Crippen LogP contribution in [0.25, 0.3) is 0 Å². The highest BCUT2D eigenvalue weighted by Gasteiger charge is 2.62. The lowest BCUT2D eigenvalue weighted by molar-refractivity contribution is -0.114. The Morgan fingerprint density at radius 1 is 1.10 bits per heavy atom. The number of ether oxygens (including phenoxy) is 1. The number of hydrogen-bond donors (Lipinski definition) is 2. The van der Waals surface area contributed by atoms with Crippen LogP contribution in [0.3, 0.4) is 0 Å². The molecule has 5 nitrogen and oxygen atoms in total. The number of hydrogen-bond acceptors (Lipinski definition) is 4. The predicted molar refractivity (Wildman–Crippen MR) is 153 cm³/mol. The van der Waals surface area contributed by atoms with Crippen LogP contribution in [0.15, 0.2) is 65.3 Å². The molecule has 0 bridgehead atoms. The number of fused-ring (bicyclic) bond motifs is 4. The number of carbonyl (C=O) groups excluding carboxylic acids is 1. The van der Waals surface area contributed by atoms with E-state index in [0.717, 1.165) is 37.9 Å². The average Bonchev–Trinajstić information content (AvgIpc) is 3.21. The van der Waals surface area contributed by atoms with Crippen molar-refractivity contribution in [3.63, 3.8) is 0 Å². The fraction of sp³-hybridized carbons (Fsp3) is 0.429. The molecule has 0 heterocycles. The maximum absolute atomic E-state index is 12.3. The van der Waals surface area contributed by atoms with Crippen molar-refractivity contribution in [3.05, 3.63) is 87.5 Å². The molecule has 2 N–H and O–H groups in total. The number of ketones is 1. The first kappa shape index (κ1) is 26.6. The molecule has 0 unspecified atom stereocenters. The summed E-state index contributed by atoms with van der Waals surface area (Å²) in [5.74, 6) is 7.36. The van der Waals surface area contributed by atoms with Gasteiger partial charge in [0.2, 0.25) is 0 Å². The van der Waals surface area contributed by atoms with Crippen LogP contribution in [-0.4, -0.2) is 34.7 Å². The van der Waals surface area contributed by atoms with E-state index in [9.17, 15) is 19.8 Å². The van der Waals surface area contributed by atoms with E-state index in [4.69, 9.17) is 4.74 Å². The van der Waals surface area contributed by atoms with Crippen LogP contribution in [-0.2, 0) is 4.79 Å². The lowest BCUT2D eigenvalue weighted by atomic mass is 9.51. The molecule has 2 fully saturated rings. The smallest absolute Gasteiger partial charge is 0.335 e. The molecule has 2 aromatic rings. The molecule has 2 saturated carbocycles. The third-order valence-corrected chi connectivity index (χ3v) is 10.3. The molecule has 0 saturated heterocycles. The minimum atomic E-state index is -1.16. The van der Waals surface area contributed by atoms with Gasteiger partial charge in [-0.05, 0) is 116 Å². The van der Waals surface area contributed by atoms with Gasteiger partial charge in [0, 0.05) is 23.3 Å². The predicted octanol–water partition coefficient (Wildman–Crippen LogP) is 6.38. The van der Waals surface area contributed by atoms with Crippen molar-refractivity contribution in [2.24, 2.45) is 17.3 Å². The molecule has 40 heavy (non-hydrogen) atoms. The summed E-state index contributed by atoms with van der Waals surface area (Å²) in [7, 11) is 1.69. The van der Waals surface area contributed by atoms with Crippen LogP contribution in [0.4, 0.5) is 0 Å². The zero-order valence-electron chi connectivity index (χ0n) is 23.4. The molecule has 5 heteroatoms. The fourth-order valence-corrected chi connectivity index (χ4v) is 8.18. The van der Waals surface area contributed by atoms with Crippen molar-refractivity contribution in [1.82, 2.24) is 0 Å². The first-order valence-electron chi connectivity index (χ1n) is 14.3. The van der Waals surface area contributed by atoms with Crippen molar-refractivity contribution in [2.45, 2.75) is 70.3 Å². The maximum Gasteiger partial charge on any atom is 0.335 e. The van der Waals surface area contributed by atoms with E-state index in [2.05, 4.69) is 30.9 Å². The number of methoxy groups -OCH3 is 1. The Bertz CT molecular complexity index is 1530. The van der Waals surface area contributed by atoms with Crippen LogP contribution >= 0.6 is 0 Å². The zero-order valence-corrected chi connectivity index (χ0v) is 23.4. The topological polar surface area (TPSA) is 83.8 Å². The molecule has 0 radical (unpaired) electrons. The number of allylic oxidation sites excluding steroid dienone is 4. The van der Waals surface area contributed by atoms with E-state index in [0.29, 0.717) is 35.8 Å². The lowest BCUT2D eigenvalue weighted by Crippen LogP contribution is -2.51. The van der Waals surface area contributed by atoms with E-state index < -0.39 is 17.0 Å². The van der Waals surface area contributed by atoms with Crippen molar-refractivity contribution >= 4 is 11.8 Å². The van der Waals surface area contributed by atoms with Crippen LogP contribution in [0.1, 0.15) is 84.8 Å². The molecule has 0 spiro atoms. The van der Waals surface area contributed by atoms with Crippen LogP contribution < -0.4 is 4.74 Å². The van der Waals surface area contributed by atoms with Gasteiger partial charge in [-0.1, -0.05) is 36.5 Å². The Kier molecular flexibility index (Phi) is 6.50. The highest BCUT2D eigenvalue weighted by atomic mass is 16.5. The second-order valence-corrected chi connectivity index (χ2v) is 12.3. The highest BCUT2D eigenvalue weighted by molar-refractivity contribution is 5.93. The van der Waals surface area contributed by atoms with Crippen LogP contribution in [0.5, 0.6) is 5.75 Å². The van der Waals surface area contributed by atoms with Crippen molar-refractivity contribution in [3.8, 4) is 17.6 Å². The summed E-state index contributed by atoms with van der Waals surface area (Å²) in [6.45, 7) is 4.00. The third-order valence-electron chi connectivity index (χ3n) is 10.3. The minimum absolute atomic E-state index is 0.108. The highest BCUT2D eigenvalue weighted by Crippen LogP contribution is 2.66. The summed E-state index contributed by atoms with van der Waals surface area (Å²) >= 11 is 0. The van der Waals surface area contributed by atoms with E-state index in [-0.39, 0.29) is 17.3 Å². The molecular weight excluding hydrogens is 500 g/mol. The van der Waals surface area contributed by atoms with E-state index >= 15 is 0 Å². The molecule has 0 aliphatic heterocycles. The SMILES string of the molecule is COc1cccc([C@H]2C[C@@]3(C)[C@@H](CC[C@@]3(O)C#Cc3ccc(C(=O)O)c(C)c3)[C@@H]3CCC4=CC(=O)CCC4=C32)c1. The van der Waals surface area contributed by atoms with E-state index in [1.165, 1.54) is 22.3 Å². The average molecular weight is 537 g/mol. The monoisotopic (exact) mass is 536 g/mol. The Morgan fingerprint density at radius 2 is 1.93 bits per heavy atom. The molecule has 6 rings (SSSR count). The summed E-state index contributed by atoms with van der Waals surface area (Å²) in [5.41, 5.74) is 5.29. The standard InChI is InChI=1S/C35H36O5/c1-21-17-22(7-10-27(21)33(37)38)13-15-35(39)16-14-31-29-11-8-24-18-25(36)9-12-28(24)32(29)30(20-34(31,35)2)23-5-4-6-26(19-23)40-3/h4-7,10,17-19,29-31,39H,8-9,11-12,14,16,20H2,1-3H3,(H,37,38)/t29-,30+,31-,34-,35-/m0/s1. The minimum Gasteiger partial charge on any atom is -0.497 e. The summed E-state index contributed by atoms with van der Waals surface area (Å²) in [5, 5.41) is 21.7. The Morgan fingerprint density at radius 3 is 2.67 bits per heavy atom. The molecular formula is C35H36O5. The number of rotatable bonds is 3. The Hall–Kier alpha value is -3.62. The second-order valence-electron chi connectivity index (χ2n) is 12.3. The van der Waals surface area contributed by atoms with Gasteiger partial charge >= 0.3 is 5.97 Å². The van der Waals surface area contributed by atoms with Crippen molar-refractivity contribution < 1.29 is 24.5 Å². The normalized spacial score (nSPS) is 30.9. The van der Waals surface area contributed by atoms with Gasteiger partial charge in [0.1, 0.15) is 11.4 Å². The summed E-state index contributed by atoms with van der Waals surface area (Å²) in [6, 6.07) is 13.4. The van der Waals surface area contributed by atoms with Gasteiger partial charge in [0.15, 0.2) is 5.78 Å². The molecule has 206 valence electrons. The van der Waals surface area contributed by atoms with E-state index in [1.54, 1.807) is 32.2 Å². The largest absolute Gasteiger partial charge is 0.497 e. The van der Waals surface area contributed by atoms with Gasteiger partial charge in [-0.15, -0.1) is 0 Å². The first-order valence-corrected chi connectivity index (χ1v) is 14.3. The van der Waals surface area contributed by atoms with Crippen molar-refractivity contribution in [1.29, 1.82) is 0 Å². The third kappa shape index (κ3) is 4.21. The Balaban J connectivity index is 1.44. The quantitative estimate of drug-likeness (QED) is 0.445. The molecule has 4 aliphatic carbocycles. The number of benzene rings is 2. The molecule has 0 amide bonds. The summed E-state index contributed by atoms with van der Waals surface area (Å²) in [6.07, 6.45) is 7.43. The van der Waals surface area contributed by atoms with Gasteiger partial charge in [-0.3, -0.25) is 4.79 Å².